The van der Waals surface area contributed by atoms with Gasteiger partial charge in [-0.15, -0.1) is 0 Å². The van der Waals surface area contributed by atoms with Crippen LogP contribution in [-0.2, 0) is 11.3 Å². The molecule has 0 atom stereocenters. The fourth-order valence-corrected chi connectivity index (χ4v) is 4.45. The average molecular weight is 516 g/mol. The average Bonchev–Trinajstić information content (AvgIpc) is 3.29. The van der Waals surface area contributed by atoms with Gasteiger partial charge < -0.3 is 24.7 Å². The summed E-state index contributed by atoms with van der Waals surface area (Å²) in [7, 11) is 1.62. The van der Waals surface area contributed by atoms with Crippen LogP contribution >= 0.6 is 0 Å². The lowest BCUT2D eigenvalue weighted by molar-refractivity contribution is 0.0139. The van der Waals surface area contributed by atoms with Crippen molar-refractivity contribution in [3.63, 3.8) is 0 Å². The fourth-order valence-electron chi connectivity index (χ4n) is 4.45. The lowest BCUT2D eigenvalue weighted by Gasteiger charge is -2.35. The van der Waals surface area contributed by atoms with Crippen molar-refractivity contribution in [2.75, 3.05) is 38.6 Å². The number of aromatic nitrogens is 4. The number of piperazine rings is 1. The van der Waals surface area contributed by atoms with E-state index in [1.165, 1.54) is 0 Å². The number of fused-ring (bicyclic) bond motifs is 1. The highest BCUT2D eigenvalue weighted by Crippen LogP contribution is 2.30. The molecule has 0 aliphatic carbocycles. The Balaban J connectivity index is 1.22. The second-order valence-corrected chi connectivity index (χ2v) is 10.3. The van der Waals surface area contributed by atoms with Gasteiger partial charge >= 0.3 is 6.09 Å². The maximum absolute atomic E-state index is 12.3. The number of pyridine rings is 2. The van der Waals surface area contributed by atoms with Gasteiger partial charge in [-0.3, -0.25) is 4.90 Å². The number of ether oxygens (including phenoxy) is 2. The Bertz CT molecular complexity index is 1420. The second kappa shape index (κ2) is 10.7. The Morgan fingerprint density at radius 1 is 1.05 bits per heavy atom. The van der Waals surface area contributed by atoms with Gasteiger partial charge in [-0.25, -0.2) is 19.7 Å². The minimum atomic E-state index is -0.482. The number of hydrogen-bond donors (Lipinski definition) is 2. The molecule has 1 saturated heterocycles. The van der Waals surface area contributed by atoms with Crippen molar-refractivity contribution in [3.05, 3.63) is 60.4 Å². The van der Waals surface area contributed by atoms with E-state index in [0.717, 1.165) is 47.4 Å². The minimum Gasteiger partial charge on any atom is -0.481 e. The molecular weight excluding hydrogens is 482 g/mol. The minimum absolute atomic E-state index is 0.245. The number of nitrogens with zero attached hydrogens (tertiary/aromatic N) is 5. The molecule has 10 nitrogen and oxygen atoms in total. The van der Waals surface area contributed by atoms with Crippen molar-refractivity contribution in [1.29, 1.82) is 0 Å². The zero-order valence-corrected chi connectivity index (χ0v) is 22.2. The van der Waals surface area contributed by atoms with Crippen LogP contribution in [0.3, 0.4) is 0 Å². The van der Waals surface area contributed by atoms with Gasteiger partial charge in [0.15, 0.2) is 0 Å². The molecule has 1 amide bonds. The van der Waals surface area contributed by atoms with Crippen LogP contribution in [0.15, 0.2) is 54.9 Å². The Morgan fingerprint density at radius 3 is 2.63 bits per heavy atom. The molecular formula is C28H33N7O3. The summed E-state index contributed by atoms with van der Waals surface area (Å²) in [6, 6.07) is 13.9. The van der Waals surface area contributed by atoms with E-state index in [9.17, 15) is 4.79 Å². The number of aromatic amines is 1. The number of amides is 1. The highest BCUT2D eigenvalue weighted by Gasteiger charge is 2.25. The topological polar surface area (TPSA) is 108 Å². The predicted molar refractivity (Wildman–Crippen MR) is 146 cm³/mol. The number of methoxy groups -OCH3 is 1. The molecule has 0 saturated carbocycles. The molecule has 2 N–H and O–H groups in total. The molecule has 1 aliphatic heterocycles. The van der Waals surface area contributed by atoms with E-state index in [2.05, 4.69) is 30.2 Å². The van der Waals surface area contributed by atoms with E-state index in [0.29, 0.717) is 30.7 Å². The molecule has 5 rings (SSSR count). The lowest BCUT2D eigenvalue weighted by Crippen LogP contribution is -2.49. The Morgan fingerprint density at radius 2 is 1.87 bits per heavy atom. The smallest absolute Gasteiger partial charge is 0.410 e. The van der Waals surface area contributed by atoms with Gasteiger partial charge in [0.05, 0.1) is 18.1 Å². The van der Waals surface area contributed by atoms with Gasteiger partial charge in [0.25, 0.3) is 0 Å². The Labute approximate surface area is 222 Å². The van der Waals surface area contributed by atoms with E-state index in [-0.39, 0.29) is 6.09 Å². The molecule has 4 heterocycles. The number of nitrogens with one attached hydrogen (secondary N) is 2. The largest absolute Gasteiger partial charge is 0.481 e. The summed E-state index contributed by atoms with van der Waals surface area (Å²) in [4.78, 5) is 33.2. The van der Waals surface area contributed by atoms with Crippen LogP contribution in [0.5, 0.6) is 5.88 Å². The third kappa shape index (κ3) is 6.03. The third-order valence-electron chi connectivity index (χ3n) is 6.26. The predicted octanol–water partition coefficient (Wildman–Crippen LogP) is 4.82. The first-order valence-electron chi connectivity index (χ1n) is 12.7. The lowest BCUT2D eigenvalue weighted by atomic mass is 10.1. The van der Waals surface area contributed by atoms with Crippen molar-refractivity contribution >= 4 is 28.9 Å². The molecule has 3 aromatic heterocycles. The number of benzene rings is 1. The van der Waals surface area contributed by atoms with Gasteiger partial charge in [0.2, 0.25) is 11.8 Å². The summed E-state index contributed by atoms with van der Waals surface area (Å²) in [5.74, 6) is 1.91. The number of hydrogen-bond acceptors (Lipinski definition) is 8. The van der Waals surface area contributed by atoms with Crippen molar-refractivity contribution in [1.82, 2.24) is 29.7 Å². The summed E-state index contributed by atoms with van der Waals surface area (Å²) in [5.41, 5.74) is 4.30. The summed E-state index contributed by atoms with van der Waals surface area (Å²) >= 11 is 0. The maximum Gasteiger partial charge on any atom is 0.410 e. The zero-order chi connectivity index (χ0) is 26.7. The van der Waals surface area contributed by atoms with Gasteiger partial charge in [-0.1, -0.05) is 6.07 Å². The SMILES string of the molecule is COc1ncccc1-c1ccc2nc(Nc3cc(CN4CCN(C(=O)OC(C)(C)C)CC4)ccn3)[nH]c2c1. The van der Waals surface area contributed by atoms with E-state index < -0.39 is 5.60 Å². The maximum atomic E-state index is 12.3. The number of carbonyl (C=O) groups excluding carboxylic acids is 1. The third-order valence-corrected chi connectivity index (χ3v) is 6.26. The molecule has 38 heavy (non-hydrogen) atoms. The van der Waals surface area contributed by atoms with Crippen LogP contribution < -0.4 is 10.1 Å². The molecule has 1 aliphatic rings. The van der Waals surface area contributed by atoms with Crippen LogP contribution in [0.4, 0.5) is 16.6 Å². The van der Waals surface area contributed by atoms with Crippen molar-refractivity contribution < 1.29 is 14.3 Å². The molecule has 0 unspecified atom stereocenters. The van der Waals surface area contributed by atoms with Gasteiger partial charge in [0.1, 0.15) is 11.4 Å². The molecule has 1 fully saturated rings. The van der Waals surface area contributed by atoms with Crippen LogP contribution in [0.2, 0.25) is 0 Å². The zero-order valence-electron chi connectivity index (χ0n) is 22.2. The van der Waals surface area contributed by atoms with E-state index >= 15 is 0 Å². The highest BCUT2D eigenvalue weighted by atomic mass is 16.6. The molecule has 0 bridgehead atoms. The number of carbonyl (C=O) groups is 1. The monoisotopic (exact) mass is 515 g/mol. The van der Waals surface area contributed by atoms with Gasteiger partial charge in [-0.2, -0.15) is 0 Å². The molecule has 10 heteroatoms. The number of imidazole rings is 1. The van der Waals surface area contributed by atoms with Crippen molar-refractivity contribution in [2.24, 2.45) is 0 Å². The first kappa shape index (κ1) is 25.5. The first-order chi connectivity index (χ1) is 18.3. The molecule has 4 aromatic rings. The molecule has 0 spiro atoms. The van der Waals surface area contributed by atoms with Crippen LogP contribution in [-0.4, -0.2) is 74.7 Å². The van der Waals surface area contributed by atoms with E-state index in [4.69, 9.17) is 9.47 Å². The molecule has 1 aromatic carbocycles. The van der Waals surface area contributed by atoms with Crippen molar-refractivity contribution in [3.8, 4) is 17.0 Å². The summed E-state index contributed by atoms with van der Waals surface area (Å²) in [6.45, 7) is 9.32. The highest BCUT2D eigenvalue weighted by molar-refractivity contribution is 5.85. The number of rotatable bonds is 6. The first-order valence-corrected chi connectivity index (χ1v) is 12.7. The van der Waals surface area contributed by atoms with Crippen molar-refractivity contribution in [2.45, 2.75) is 32.9 Å². The normalized spacial score (nSPS) is 14.5. The standard InChI is InChI=1S/C28H33N7O3/c1-28(2,3)38-27(36)35-14-12-34(13-15-35)18-19-9-11-29-24(16-19)33-26-31-22-8-7-20(17-23(22)32-26)21-6-5-10-30-25(21)37-4/h5-11,16-17H,12-15,18H2,1-4H3,(H2,29,31,32,33). The van der Waals surface area contributed by atoms with E-state index in [1.54, 1.807) is 24.4 Å². The van der Waals surface area contributed by atoms with Crippen LogP contribution in [0, 0.1) is 0 Å². The quantitative estimate of drug-likeness (QED) is 0.376. The Kier molecular flexibility index (Phi) is 7.15. The summed E-state index contributed by atoms with van der Waals surface area (Å²) in [6.07, 6.45) is 3.26. The second-order valence-electron chi connectivity index (χ2n) is 10.3. The summed E-state index contributed by atoms with van der Waals surface area (Å²) in [5, 5.41) is 3.29. The van der Waals surface area contributed by atoms with Gasteiger partial charge in [0, 0.05) is 50.7 Å². The molecule has 198 valence electrons. The number of anilines is 2. The van der Waals surface area contributed by atoms with Gasteiger partial charge in [-0.05, 0) is 68.3 Å². The van der Waals surface area contributed by atoms with Crippen LogP contribution in [0.1, 0.15) is 26.3 Å². The Hall–Kier alpha value is -4.18. The van der Waals surface area contributed by atoms with E-state index in [1.807, 2.05) is 63.2 Å². The van der Waals surface area contributed by atoms with Crippen LogP contribution in [0.25, 0.3) is 22.2 Å². The summed E-state index contributed by atoms with van der Waals surface area (Å²) < 4.78 is 10.9. The number of H-pyrrole nitrogens is 1. The fraction of sp³-hybridized carbons (Fsp3) is 0.357. The molecule has 0 radical (unpaired) electrons.